The Hall–Kier alpha value is -3.58. The fourth-order valence-electron chi connectivity index (χ4n) is 3.45. The van der Waals surface area contributed by atoms with E-state index in [2.05, 4.69) is 4.98 Å². The van der Waals surface area contributed by atoms with E-state index in [0.29, 0.717) is 16.5 Å². The second kappa shape index (κ2) is 9.06. The van der Waals surface area contributed by atoms with Gasteiger partial charge < -0.3 is 14.4 Å². The highest BCUT2D eigenvalue weighted by Crippen LogP contribution is 2.32. The molecule has 6 nitrogen and oxygen atoms in total. The molecule has 1 heterocycles. The van der Waals surface area contributed by atoms with Crippen LogP contribution in [0.2, 0.25) is 0 Å². The zero-order chi connectivity index (χ0) is 21.8. The Bertz CT molecular complexity index is 1250. The van der Waals surface area contributed by atoms with Crippen LogP contribution in [-0.2, 0) is 21.8 Å². The van der Waals surface area contributed by atoms with Crippen LogP contribution in [0.25, 0.3) is 22.2 Å². The molecule has 0 aliphatic heterocycles. The molecule has 1 N–H and O–H groups in total. The Morgan fingerprint density at radius 3 is 2.52 bits per heavy atom. The highest BCUT2D eigenvalue weighted by Gasteiger charge is 2.16. The molecule has 0 radical (unpaired) electrons. The molecule has 0 unspecified atom stereocenters. The summed E-state index contributed by atoms with van der Waals surface area (Å²) in [6.07, 6.45) is 0. The zero-order valence-electron chi connectivity index (χ0n) is 16.8. The van der Waals surface area contributed by atoms with Crippen LogP contribution in [-0.4, -0.2) is 33.7 Å². The zero-order valence-corrected chi connectivity index (χ0v) is 17.6. The number of carbonyl (C=O) groups is 2. The highest BCUT2D eigenvalue weighted by atomic mass is 32.2. The van der Waals surface area contributed by atoms with Gasteiger partial charge in [0.25, 0.3) is 0 Å². The summed E-state index contributed by atoms with van der Waals surface area (Å²) in [5, 5.41) is 9.98. The minimum atomic E-state index is -0.928. The molecule has 0 spiro atoms. The van der Waals surface area contributed by atoms with Gasteiger partial charge in [-0.05, 0) is 41.0 Å². The number of para-hydroxylation sites is 2. The first kappa shape index (κ1) is 20.7. The largest absolute Gasteiger partial charge is 0.480 e. The van der Waals surface area contributed by atoms with Crippen molar-refractivity contribution < 1.29 is 19.4 Å². The molecular formula is C24H20N2O4S. The molecule has 3 aromatic carbocycles. The van der Waals surface area contributed by atoms with Crippen LogP contribution in [0, 0.1) is 0 Å². The number of carbonyl (C=O) groups excluding carboxylic acids is 1. The van der Waals surface area contributed by atoms with Gasteiger partial charge in [-0.2, -0.15) is 0 Å². The normalized spacial score (nSPS) is 10.9. The van der Waals surface area contributed by atoms with E-state index in [9.17, 15) is 14.7 Å². The Labute approximate surface area is 183 Å². The number of imidazole rings is 1. The summed E-state index contributed by atoms with van der Waals surface area (Å²) in [6, 6.07) is 22.9. The molecule has 4 aromatic rings. The van der Waals surface area contributed by atoms with Crippen LogP contribution in [0.1, 0.15) is 15.9 Å². The fraction of sp³-hybridized carbons (Fsp3) is 0.125. The fourth-order valence-corrected chi connectivity index (χ4v) is 4.46. The second-order valence-electron chi connectivity index (χ2n) is 6.88. The molecule has 31 heavy (non-hydrogen) atoms. The summed E-state index contributed by atoms with van der Waals surface area (Å²) < 4.78 is 6.58. The number of hydrogen-bond acceptors (Lipinski definition) is 5. The summed E-state index contributed by atoms with van der Waals surface area (Å²) in [7, 11) is 1.36. The third kappa shape index (κ3) is 4.46. The molecule has 0 bridgehead atoms. The number of aliphatic carboxylic acids is 1. The van der Waals surface area contributed by atoms with Crippen molar-refractivity contribution in [1.29, 1.82) is 0 Å². The van der Waals surface area contributed by atoms with E-state index in [1.54, 1.807) is 10.6 Å². The lowest BCUT2D eigenvalue weighted by Crippen LogP contribution is -2.09. The van der Waals surface area contributed by atoms with Gasteiger partial charge in [0.05, 0.1) is 23.7 Å². The molecule has 0 saturated heterocycles. The number of carboxylic acids is 1. The number of fused-ring (bicyclic) bond motifs is 1. The number of rotatable bonds is 7. The third-order valence-corrected chi connectivity index (χ3v) is 5.91. The molecule has 1 aromatic heterocycles. The summed E-state index contributed by atoms with van der Waals surface area (Å²) in [6.45, 7) is -0.170. The van der Waals surface area contributed by atoms with E-state index in [1.165, 1.54) is 18.9 Å². The van der Waals surface area contributed by atoms with Gasteiger partial charge >= 0.3 is 11.9 Å². The van der Waals surface area contributed by atoms with E-state index in [1.807, 2.05) is 66.7 Å². The Kier molecular flexibility index (Phi) is 6.04. The van der Waals surface area contributed by atoms with Gasteiger partial charge in [0.15, 0.2) is 5.16 Å². The highest BCUT2D eigenvalue weighted by molar-refractivity contribution is 7.98. The molecule has 156 valence electrons. The van der Waals surface area contributed by atoms with Crippen molar-refractivity contribution >= 4 is 34.7 Å². The number of hydrogen-bond donors (Lipinski definition) is 1. The van der Waals surface area contributed by atoms with Crippen LogP contribution in [0.15, 0.2) is 78.0 Å². The Morgan fingerprint density at radius 1 is 1.03 bits per heavy atom. The molecule has 0 aliphatic rings. The van der Waals surface area contributed by atoms with Crippen LogP contribution < -0.4 is 0 Å². The summed E-state index contributed by atoms with van der Waals surface area (Å²) in [5.74, 6) is -0.815. The number of methoxy groups -OCH3 is 1. The maximum Gasteiger partial charge on any atom is 0.337 e. The molecular weight excluding hydrogens is 412 g/mol. The van der Waals surface area contributed by atoms with Crippen LogP contribution in [0.4, 0.5) is 0 Å². The number of nitrogens with zero attached hydrogens (tertiary/aromatic N) is 2. The van der Waals surface area contributed by atoms with Crippen LogP contribution in [0.3, 0.4) is 0 Å². The van der Waals surface area contributed by atoms with E-state index in [-0.39, 0.29) is 6.54 Å². The van der Waals surface area contributed by atoms with Gasteiger partial charge in [0.2, 0.25) is 0 Å². The molecule has 0 fully saturated rings. The summed E-state index contributed by atoms with van der Waals surface area (Å²) in [4.78, 5) is 28.1. The smallest absolute Gasteiger partial charge is 0.337 e. The lowest BCUT2D eigenvalue weighted by atomic mass is 9.98. The number of thioether (sulfide) groups is 1. The minimum Gasteiger partial charge on any atom is -0.480 e. The predicted octanol–water partition coefficient (Wildman–Crippen LogP) is 4.87. The maximum atomic E-state index is 12.1. The molecule has 7 heteroatoms. The first-order valence-electron chi connectivity index (χ1n) is 9.63. The molecule has 0 atom stereocenters. The first-order valence-corrected chi connectivity index (χ1v) is 10.6. The Balaban J connectivity index is 1.72. The molecule has 0 amide bonds. The van der Waals surface area contributed by atoms with Crippen molar-refractivity contribution in [2.45, 2.75) is 17.5 Å². The van der Waals surface area contributed by atoms with Crippen molar-refractivity contribution in [2.75, 3.05) is 7.11 Å². The van der Waals surface area contributed by atoms with Gasteiger partial charge in [-0.1, -0.05) is 60.3 Å². The Morgan fingerprint density at radius 2 is 1.77 bits per heavy atom. The minimum absolute atomic E-state index is 0.170. The van der Waals surface area contributed by atoms with Gasteiger partial charge in [0, 0.05) is 5.75 Å². The van der Waals surface area contributed by atoms with Gasteiger partial charge in [-0.15, -0.1) is 0 Å². The number of benzene rings is 3. The number of carboxylic acid groups (broad SMARTS) is 1. The van der Waals surface area contributed by atoms with Gasteiger partial charge in [-0.25, -0.2) is 9.78 Å². The number of aromatic nitrogens is 2. The average molecular weight is 433 g/mol. The number of ether oxygens (including phenoxy) is 1. The van der Waals surface area contributed by atoms with Gasteiger partial charge in [0.1, 0.15) is 6.54 Å². The lowest BCUT2D eigenvalue weighted by Gasteiger charge is -2.12. The monoisotopic (exact) mass is 432 g/mol. The first-order chi connectivity index (χ1) is 15.1. The SMILES string of the molecule is COC(=O)c1ccc(-c2ccccc2)c(CSc2nc3ccccc3n2CC(=O)O)c1. The van der Waals surface area contributed by atoms with Gasteiger partial charge in [-0.3, -0.25) is 4.79 Å². The lowest BCUT2D eigenvalue weighted by molar-refractivity contribution is -0.137. The topological polar surface area (TPSA) is 81.4 Å². The van der Waals surface area contributed by atoms with Crippen molar-refractivity contribution in [3.05, 3.63) is 83.9 Å². The maximum absolute atomic E-state index is 12.1. The van der Waals surface area contributed by atoms with Crippen LogP contribution in [0.5, 0.6) is 0 Å². The van der Waals surface area contributed by atoms with E-state index in [4.69, 9.17) is 4.74 Å². The summed E-state index contributed by atoms with van der Waals surface area (Å²) >= 11 is 1.44. The third-order valence-electron chi connectivity index (χ3n) is 4.88. The van der Waals surface area contributed by atoms with E-state index >= 15 is 0 Å². The van der Waals surface area contributed by atoms with E-state index in [0.717, 1.165) is 27.7 Å². The molecule has 4 rings (SSSR count). The predicted molar refractivity (Wildman–Crippen MR) is 120 cm³/mol. The second-order valence-corrected chi connectivity index (χ2v) is 7.82. The van der Waals surface area contributed by atoms with Crippen molar-refractivity contribution in [3.63, 3.8) is 0 Å². The summed E-state index contributed by atoms with van der Waals surface area (Å²) in [5.41, 5.74) is 4.97. The quantitative estimate of drug-likeness (QED) is 0.332. The van der Waals surface area contributed by atoms with Crippen molar-refractivity contribution in [2.24, 2.45) is 0 Å². The standard InChI is InChI=1S/C24H20N2O4S/c1-30-23(29)17-11-12-19(16-7-3-2-4-8-16)18(13-17)15-31-24-25-20-9-5-6-10-21(20)26(24)14-22(27)28/h2-13H,14-15H2,1H3,(H,27,28). The molecule has 0 aliphatic carbocycles. The average Bonchev–Trinajstić information content (AvgIpc) is 3.14. The van der Waals surface area contributed by atoms with Crippen molar-refractivity contribution in [1.82, 2.24) is 9.55 Å². The molecule has 0 saturated carbocycles. The van der Waals surface area contributed by atoms with E-state index < -0.39 is 11.9 Å². The number of esters is 1. The van der Waals surface area contributed by atoms with Crippen molar-refractivity contribution in [3.8, 4) is 11.1 Å². The van der Waals surface area contributed by atoms with Crippen LogP contribution >= 0.6 is 11.8 Å².